The molecule has 0 aliphatic carbocycles. The first-order valence-corrected chi connectivity index (χ1v) is 8.82. The van der Waals surface area contributed by atoms with Crippen LogP contribution in [-0.2, 0) is 4.79 Å². The maximum Gasteiger partial charge on any atom is 0.312 e. The van der Waals surface area contributed by atoms with Crippen LogP contribution in [0.25, 0.3) is 10.6 Å². The van der Waals surface area contributed by atoms with Gasteiger partial charge < -0.3 is 16.4 Å². The Balaban J connectivity index is 2.01. The van der Waals surface area contributed by atoms with Gasteiger partial charge in [0.05, 0.1) is 10.6 Å². The van der Waals surface area contributed by atoms with Crippen molar-refractivity contribution in [2.45, 2.75) is 12.5 Å². The maximum atomic E-state index is 12.2. The van der Waals surface area contributed by atoms with Crippen LogP contribution in [0.5, 0.6) is 0 Å². The summed E-state index contributed by atoms with van der Waals surface area (Å²) in [5, 5.41) is 14.0. The molecule has 0 saturated heterocycles. The van der Waals surface area contributed by atoms with E-state index < -0.39 is 12.1 Å². The monoisotopic (exact) mass is 339 g/mol. The zero-order valence-electron chi connectivity index (χ0n) is 12.0. The predicted octanol–water partition coefficient (Wildman–Crippen LogP) is 1.87. The number of rotatable bonds is 7. The van der Waals surface area contributed by atoms with Gasteiger partial charge in [-0.2, -0.15) is 16.9 Å². The van der Waals surface area contributed by atoms with Gasteiger partial charge in [0.1, 0.15) is 6.04 Å². The van der Waals surface area contributed by atoms with Crippen LogP contribution in [0.2, 0.25) is 0 Å². The summed E-state index contributed by atoms with van der Waals surface area (Å²) in [6.45, 7) is 0. The summed E-state index contributed by atoms with van der Waals surface area (Å²) in [6, 6.07) is 4.25. The third kappa shape index (κ3) is 4.50. The van der Waals surface area contributed by atoms with Crippen molar-refractivity contribution in [2.24, 2.45) is 5.73 Å². The lowest BCUT2D eigenvalue weighted by atomic mass is 10.2. The SMILES string of the molecule is CSCC[C@@H](NC(N)=O)C(=O)Nc1cc(-c2cccs2)[nH]n1. The average Bonchev–Trinajstić information content (AvgIpc) is 3.13. The first-order valence-electron chi connectivity index (χ1n) is 6.55. The molecule has 3 amide bonds. The Morgan fingerprint density at radius 3 is 3.00 bits per heavy atom. The molecular weight excluding hydrogens is 322 g/mol. The molecule has 7 nitrogen and oxygen atoms in total. The predicted molar refractivity (Wildman–Crippen MR) is 90.0 cm³/mol. The molecule has 0 bridgehead atoms. The van der Waals surface area contributed by atoms with E-state index in [2.05, 4.69) is 20.8 Å². The van der Waals surface area contributed by atoms with Crippen molar-refractivity contribution >= 4 is 40.9 Å². The number of hydrogen-bond acceptors (Lipinski definition) is 5. The number of nitrogens with two attached hydrogens (primary N) is 1. The fourth-order valence-corrected chi connectivity index (χ4v) is 3.00. The Labute approximate surface area is 136 Å². The van der Waals surface area contributed by atoms with Crippen LogP contribution in [-0.4, -0.2) is 40.2 Å². The highest BCUT2D eigenvalue weighted by molar-refractivity contribution is 7.98. The number of anilines is 1. The number of primary amides is 1. The van der Waals surface area contributed by atoms with Crippen LogP contribution >= 0.6 is 23.1 Å². The second-order valence-electron chi connectivity index (χ2n) is 4.48. The van der Waals surface area contributed by atoms with Crippen molar-refractivity contribution in [2.75, 3.05) is 17.3 Å². The Hall–Kier alpha value is -2.00. The van der Waals surface area contributed by atoms with Crippen molar-refractivity contribution < 1.29 is 9.59 Å². The second-order valence-corrected chi connectivity index (χ2v) is 6.41. The number of nitrogens with zero attached hydrogens (tertiary/aromatic N) is 1. The first-order chi connectivity index (χ1) is 10.6. The van der Waals surface area contributed by atoms with Crippen molar-refractivity contribution in [3.8, 4) is 10.6 Å². The number of H-pyrrole nitrogens is 1. The van der Waals surface area contributed by atoms with E-state index in [1.807, 2.05) is 23.8 Å². The summed E-state index contributed by atoms with van der Waals surface area (Å²) < 4.78 is 0. The minimum atomic E-state index is -0.720. The van der Waals surface area contributed by atoms with E-state index in [-0.39, 0.29) is 5.91 Å². The quantitative estimate of drug-likeness (QED) is 0.616. The number of thiophene rings is 1. The van der Waals surface area contributed by atoms with Crippen LogP contribution in [0.1, 0.15) is 6.42 Å². The molecule has 0 saturated carbocycles. The lowest BCUT2D eigenvalue weighted by Gasteiger charge is -2.15. The van der Waals surface area contributed by atoms with Gasteiger partial charge in [0.2, 0.25) is 5.91 Å². The van der Waals surface area contributed by atoms with Gasteiger partial charge in [0, 0.05) is 6.07 Å². The first kappa shape index (κ1) is 16.4. The van der Waals surface area contributed by atoms with Crippen molar-refractivity contribution in [1.29, 1.82) is 0 Å². The van der Waals surface area contributed by atoms with E-state index in [0.29, 0.717) is 12.2 Å². The molecule has 0 aliphatic rings. The van der Waals surface area contributed by atoms with Crippen LogP contribution in [0, 0.1) is 0 Å². The number of amides is 3. The van der Waals surface area contributed by atoms with Gasteiger partial charge in [-0.15, -0.1) is 11.3 Å². The van der Waals surface area contributed by atoms with Gasteiger partial charge in [-0.1, -0.05) is 6.07 Å². The number of carbonyl (C=O) groups is 2. The number of aromatic amines is 1. The number of carbonyl (C=O) groups excluding carboxylic acids is 2. The van der Waals surface area contributed by atoms with E-state index in [4.69, 9.17) is 5.73 Å². The molecule has 1 atom stereocenters. The summed E-state index contributed by atoms with van der Waals surface area (Å²) in [5.74, 6) is 0.810. The molecule has 0 unspecified atom stereocenters. The van der Waals surface area contributed by atoms with Crippen LogP contribution in [0.15, 0.2) is 23.6 Å². The van der Waals surface area contributed by atoms with Crippen molar-refractivity contribution in [3.63, 3.8) is 0 Å². The number of nitrogens with one attached hydrogen (secondary N) is 3. The van der Waals surface area contributed by atoms with E-state index in [9.17, 15) is 9.59 Å². The van der Waals surface area contributed by atoms with Crippen LogP contribution < -0.4 is 16.4 Å². The van der Waals surface area contributed by atoms with E-state index in [1.54, 1.807) is 29.2 Å². The molecule has 9 heteroatoms. The molecule has 22 heavy (non-hydrogen) atoms. The van der Waals surface area contributed by atoms with Gasteiger partial charge in [-0.25, -0.2) is 4.79 Å². The van der Waals surface area contributed by atoms with Crippen molar-refractivity contribution in [1.82, 2.24) is 15.5 Å². The molecule has 0 spiro atoms. The summed E-state index contributed by atoms with van der Waals surface area (Å²) in [6.07, 6.45) is 2.43. The molecule has 0 radical (unpaired) electrons. The number of urea groups is 1. The zero-order valence-corrected chi connectivity index (χ0v) is 13.6. The highest BCUT2D eigenvalue weighted by Gasteiger charge is 2.20. The molecule has 2 aromatic heterocycles. The largest absolute Gasteiger partial charge is 0.352 e. The summed E-state index contributed by atoms with van der Waals surface area (Å²) in [5.41, 5.74) is 5.93. The molecule has 5 N–H and O–H groups in total. The fraction of sp³-hybridized carbons (Fsp3) is 0.308. The third-order valence-corrected chi connectivity index (χ3v) is 4.41. The molecule has 0 aliphatic heterocycles. The highest BCUT2D eigenvalue weighted by Crippen LogP contribution is 2.24. The zero-order chi connectivity index (χ0) is 15.9. The summed E-state index contributed by atoms with van der Waals surface area (Å²) >= 11 is 3.16. The minimum absolute atomic E-state index is 0.336. The Morgan fingerprint density at radius 2 is 2.36 bits per heavy atom. The summed E-state index contributed by atoms with van der Waals surface area (Å²) in [4.78, 5) is 24.2. The third-order valence-electron chi connectivity index (χ3n) is 2.86. The van der Waals surface area contributed by atoms with E-state index >= 15 is 0 Å². The van der Waals surface area contributed by atoms with Gasteiger partial charge in [-0.05, 0) is 29.9 Å². The molecule has 118 valence electrons. The number of thioether (sulfide) groups is 1. The van der Waals surface area contributed by atoms with E-state index in [0.717, 1.165) is 16.3 Å². The standard InChI is InChI=1S/C13H17N5O2S2/c1-21-6-4-8(15-13(14)20)12(19)16-11-7-9(17-18-11)10-3-2-5-22-10/h2-3,5,7-8H,4,6H2,1H3,(H3,14,15,20)(H2,16,17,18,19)/t8-/m1/s1. The minimum Gasteiger partial charge on any atom is -0.352 e. The lowest BCUT2D eigenvalue weighted by molar-refractivity contribution is -0.118. The topological polar surface area (TPSA) is 113 Å². The molecule has 2 rings (SSSR count). The Morgan fingerprint density at radius 1 is 1.55 bits per heavy atom. The van der Waals surface area contributed by atoms with Crippen molar-refractivity contribution in [3.05, 3.63) is 23.6 Å². The Kier molecular flexibility index (Phi) is 5.84. The number of aromatic nitrogens is 2. The second kappa shape index (κ2) is 7.85. The van der Waals surface area contributed by atoms with E-state index in [1.165, 1.54) is 0 Å². The van der Waals surface area contributed by atoms with Gasteiger partial charge in [-0.3, -0.25) is 9.89 Å². The molecular formula is C13H17N5O2S2. The number of hydrogen-bond donors (Lipinski definition) is 4. The normalized spacial score (nSPS) is 11.9. The van der Waals surface area contributed by atoms with Gasteiger partial charge >= 0.3 is 6.03 Å². The molecule has 0 fully saturated rings. The lowest BCUT2D eigenvalue weighted by Crippen LogP contribution is -2.46. The Bertz CT molecular complexity index is 626. The molecule has 2 aromatic rings. The van der Waals surface area contributed by atoms with Crippen LogP contribution in [0.4, 0.5) is 10.6 Å². The molecule has 2 heterocycles. The average molecular weight is 339 g/mol. The summed E-state index contributed by atoms with van der Waals surface area (Å²) in [7, 11) is 0. The smallest absolute Gasteiger partial charge is 0.312 e. The molecule has 0 aromatic carbocycles. The van der Waals surface area contributed by atoms with Crippen LogP contribution in [0.3, 0.4) is 0 Å². The fourth-order valence-electron chi connectivity index (χ4n) is 1.83. The van der Waals surface area contributed by atoms with Gasteiger partial charge in [0.25, 0.3) is 0 Å². The maximum absolute atomic E-state index is 12.2. The van der Waals surface area contributed by atoms with Gasteiger partial charge in [0.15, 0.2) is 5.82 Å². The highest BCUT2D eigenvalue weighted by atomic mass is 32.2.